The summed E-state index contributed by atoms with van der Waals surface area (Å²) in [7, 11) is 0. The average molecular weight is 237 g/mol. The highest BCUT2D eigenvalue weighted by molar-refractivity contribution is 6.29. The minimum absolute atomic E-state index is 0.370. The summed E-state index contributed by atoms with van der Waals surface area (Å²) in [6, 6.07) is 4.03. The van der Waals surface area contributed by atoms with E-state index in [2.05, 4.69) is 15.4 Å². The van der Waals surface area contributed by atoms with E-state index in [-0.39, 0.29) is 0 Å². The fourth-order valence-electron chi connectivity index (χ4n) is 2.15. The monoisotopic (exact) mass is 236 g/mol. The molecule has 2 aromatic rings. The lowest BCUT2D eigenvalue weighted by Gasteiger charge is -2.21. The van der Waals surface area contributed by atoms with Crippen molar-refractivity contribution in [1.82, 2.24) is 19.9 Å². The summed E-state index contributed by atoms with van der Waals surface area (Å²) >= 11 is 5.84. The molecule has 5 heteroatoms. The SMILES string of the molecule is Clc1ccc2nc(C3CCCCN3)cn2n1. The van der Waals surface area contributed by atoms with Gasteiger partial charge in [-0.15, -0.1) is 0 Å². The number of fused-ring (bicyclic) bond motifs is 1. The van der Waals surface area contributed by atoms with Crippen LogP contribution in [-0.2, 0) is 0 Å². The molecule has 0 saturated carbocycles. The van der Waals surface area contributed by atoms with Crippen LogP contribution < -0.4 is 5.32 Å². The fraction of sp³-hybridized carbons (Fsp3) is 0.455. The third-order valence-electron chi connectivity index (χ3n) is 2.97. The number of halogens is 1. The van der Waals surface area contributed by atoms with Crippen molar-refractivity contribution in [3.63, 3.8) is 0 Å². The zero-order valence-corrected chi connectivity index (χ0v) is 9.61. The van der Waals surface area contributed by atoms with Crippen LogP contribution >= 0.6 is 11.6 Å². The van der Waals surface area contributed by atoms with Crippen molar-refractivity contribution in [3.05, 3.63) is 29.2 Å². The van der Waals surface area contributed by atoms with Crippen molar-refractivity contribution in [1.29, 1.82) is 0 Å². The number of piperidine rings is 1. The van der Waals surface area contributed by atoms with Crippen LogP contribution in [-0.4, -0.2) is 21.1 Å². The summed E-state index contributed by atoms with van der Waals surface area (Å²) in [5, 5.41) is 8.15. The molecule has 0 spiro atoms. The zero-order valence-electron chi connectivity index (χ0n) is 8.86. The third kappa shape index (κ3) is 1.79. The maximum Gasteiger partial charge on any atom is 0.153 e. The van der Waals surface area contributed by atoms with Gasteiger partial charge in [0, 0.05) is 0 Å². The molecule has 1 aliphatic rings. The number of nitrogens with zero attached hydrogens (tertiary/aromatic N) is 3. The molecule has 4 nitrogen and oxygen atoms in total. The van der Waals surface area contributed by atoms with Gasteiger partial charge in [-0.25, -0.2) is 9.50 Å². The molecule has 1 fully saturated rings. The molecule has 1 N–H and O–H groups in total. The molecule has 0 aromatic carbocycles. The standard InChI is InChI=1S/C11H13ClN4/c12-10-4-5-11-14-9(7-16(11)15-10)8-3-1-2-6-13-8/h4-5,7-8,13H,1-3,6H2. The van der Waals surface area contributed by atoms with Crippen LogP contribution in [0.4, 0.5) is 0 Å². The molecule has 0 aliphatic carbocycles. The molecule has 2 aromatic heterocycles. The van der Waals surface area contributed by atoms with E-state index in [1.54, 1.807) is 10.6 Å². The molecule has 0 radical (unpaired) electrons. The van der Waals surface area contributed by atoms with Crippen LogP contribution in [0.5, 0.6) is 0 Å². The van der Waals surface area contributed by atoms with Gasteiger partial charge in [-0.05, 0) is 31.5 Å². The summed E-state index contributed by atoms with van der Waals surface area (Å²) in [6.07, 6.45) is 5.63. The van der Waals surface area contributed by atoms with Crippen molar-refractivity contribution in [2.75, 3.05) is 6.54 Å². The van der Waals surface area contributed by atoms with Crippen LogP contribution in [0.3, 0.4) is 0 Å². The van der Waals surface area contributed by atoms with E-state index in [1.165, 1.54) is 12.8 Å². The minimum Gasteiger partial charge on any atom is -0.309 e. The molecule has 0 amide bonds. The first-order chi connectivity index (χ1) is 7.83. The van der Waals surface area contributed by atoms with Crippen LogP contribution in [0.1, 0.15) is 31.0 Å². The highest BCUT2D eigenvalue weighted by atomic mass is 35.5. The van der Waals surface area contributed by atoms with Crippen molar-refractivity contribution in [3.8, 4) is 0 Å². The van der Waals surface area contributed by atoms with E-state index in [4.69, 9.17) is 11.6 Å². The van der Waals surface area contributed by atoms with E-state index in [0.29, 0.717) is 11.2 Å². The van der Waals surface area contributed by atoms with Gasteiger partial charge in [-0.1, -0.05) is 18.0 Å². The van der Waals surface area contributed by atoms with Gasteiger partial charge >= 0.3 is 0 Å². The number of rotatable bonds is 1. The van der Waals surface area contributed by atoms with Crippen molar-refractivity contribution >= 4 is 17.2 Å². The molecule has 1 atom stereocenters. The Bertz CT molecular complexity index is 502. The average Bonchev–Trinajstić information content (AvgIpc) is 2.73. The van der Waals surface area contributed by atoms with Gasteiger partial charge < -0.3 is 5.32 Å². The predicted molar refractivity (Wildman–Crippen MR) is 62.6 cm³/mol. The minimum atomic E-state index is 0.370. The van der Waals surface area contributed by atoms with Gasteiger partial charge in [0.15, 0.2) is 5.65 Å². The maximum absolute atomic E-state index is 5.84. The lowest BCUT2D eigenvalue weighted by atomic mass is 10.0. The number of aromatic nitrogens is 3. The second kappa shape index (κ2) is 4.03. The number of hydrogen-bond donors (Lipinski definition) is 1. The highest BCUT2D eigenvalue weighted by Crippen LogP contribution is 2.22. The largest absolute Gasteiger partial charge is 0.309 e. The maximum atomic E-state index is 5.84. The Morgan fingerprint density at radius 2 is 2.31 bits per heavy atom. The normalized spacial score (nSPS) is 21.4. The highest BCUT2D eigenvalue weighted by Gasteiger charge is 2.17. The lowest BCUT2D eigenvalue weighted by molar-refractivity contribution is 0.406. The Morgan fingerprint density at radius 1 is 1.38 bits per heavy atom. The van der Waals surface area contributed by atoms with Crippen LogP contribution in [0, 0.1) is 0 Å². The second-order valence-corrected chi connectivity index (χ2v) is 4.51. The molecule has 16 heavy (non-hydrogen) atoms. The molecule has 1 aliphatic heterocycles. The van der Waals surface area contributed by atoms with Crippen LogP contribution in [0.2, 0.25) is 5.15 Å². The van der Waals surface area contributed by atoms with Crippen molar-refractivity contribution in [2.45, 2.75) is 25.3 Å². The van der Waals surface area contributed by atoms with Gasteiger partial charge in [0.1, 0.15) is 5.15 Å². The van der Waals surface area contributed by atoms with Crippen LogP contribution in [0.15, 0.2) is 18.3 Å². The molecular weight excluding hydrogens is 224 g/mol. The first-order valence-electron chi connectivity index (χ1n) is 5.58. The number of hydrogen-bond acceptors (Lipinski definition) is 3. The molecule has 3 heterocycles. The van der Waals surface area contributed by atoms with Crippen molar-refractivity contribution in [2.24, 2.45) is 0 Å². The summed E-state index contributed by atoms with van der Waals surface area (Å²) < 4.78 is 1.74. The predicted octanol–water partition coefficient (Wildman–Crippen LogP) is 2.20. The van der Waals surface area contributed by atoms with Gasteiger partial charge in [0.05, 0.1) is 17.9 Å². The summed E-state index contributed by atoms with van der Waals surface area (Å²) in [5.41, 5.74) is 1.92. The lowest BCUT2D eigenvalue weighted by Crippen LogP contribution is -2.26. The van der Waals surface area contributed by atoms with E-state index in [9.17, 15) is 0 Å². The third-order valence-corrected chi connectivity index (χ3v) is 3.18. The van der Waals surface area contributed by atoms with Crippen LogP contribution in [0.25, 0.3) is 5.65 Å². The second-order valence-electron chi connectivity index (χ2n) is 4.13. The first kappa shape index (κ1) is 10.1. The van der Waals surface area contributed by atoms with Gasteiger partial charge in [-0.2, -0.15) is 5.10 Å². The van der Waals surface area contributed by atoms with Gasteiger partial charge in [-0.3, -0.25) is 0 Å². The van der Waals surface area contributed by atoms with Crippen molar-refractivity contribution < 1.29 is 0 Å². The molecule has 1 unspecified atom stereocenters. The molecule has 1 saturated heterocycles. The number of nitrogens with one attached hydrogen (secondary N) is 1. The number of imidazole rings is 1. The Labute approximate surface area is 98.6 Å². The van der Waals surface area contributed by atoms with E-state index < -0.39 is 0 Å². The Kier molecular flexibility index (Phi) is 2.53. The molecular formula is C11H13ClN4. The van der Waals surface area contributed by atoms with E-state index >= 15 is 0 Å². The summed E-state index contributed by atoms with van der Waals surface area (Å²) in [5.74, 6) is 0. The Hall–Kier alpha value is -1.13. The summed E-state index contributed by atoms with van der Waals surface area (Å²) in [6.45, 7) is 1.08. The molecule has 3 rings (SSSR count). The molecule has 84 valence electrons. The smallest absolute Gasteiger partial charge is 0.153 e. The van der Waals surface area contributed by atoms with Gasteiger partial charge in [0.25, 0.3) is 0 Å². The zero-order chi connectivity index (χ0) is 11.0. The quantitative estimate of drug-likeness (QED) is 0.826. The summed E-state index contributed by atoms with van der Waals surface area (Å²) in [4.78, 5) is 4.56. The fourth-order valence-corrected chi connectivity index (χ4v) is 2.29. The molecule has 0 bridgehead atoms. The Balaban J connectivity index is 1.97. The van der Waals surface area contributed by atoms with E-state index in [1.807, 2.05) is 12.3 Å². The topological polar surface area (TPSA) is 42.2 Å². The Morgan fingerprint density at radius 3 is 3.12 bits per heavy atom. The first-order valence-corrected chi connectivity index (χ1v) is 5.96. The van der Waals surface area contributed by atoms with Gasteiger partial charge in [0.2, 0.25) is 0 Å². The van der Waals surface area contributed by atoms with E-state index in [0.717, 1.165) is 24.3 Å².